The zero-order chi connectivity index (χ0) is 11.9. The maximum Gasteiger partial charge on any atom is 0.256 e. The molecule has 16 heavy (non-hydrogen) atoms. The molecule has 0 fully saturated rings. The van der Waals surface area contributed by atoms with Gasteiger partial charge in [0, 0.05) is 12.6 Å². The summed E-state index contributed by atoms with van der Waals surface area (Å²) in [5.41, 5.74) is 3.50. The summed E-state index contributed by atoms with van der Waals surface area (Å²) in [4.78, 5) is 11.9. The SMILES string of the molecule is Cc1cc(C)c2c(c1)cc(CO)c(=O)n2C. The highest BCUT2D eigenvalue weighted by molar-refractivity contribution is 5.83. The first kappa shape index (κ1) is 10.9. The Morgan fingerprint density at radius 1 is 1.25 bits per heavy atom. The lowest BCUT2D eigenvalue weighted by molar-refractivity contribution is 0.279. The van der Waals surface area contributed by atoms with Crippen molar-refractivity contribution in [3.8, 4) is 0 Å². The fraction of sp³-hybridized carbons (Fsp3) is 0.308. The minimum absolute atomic E-state index is 0.123. The van der Waals surface area contributed by atoms with Crippen LogP contribution in [0.5, 0.6) is 0 Å². The fourth-order valence-electron chi connectivity index (χ4n) is 2.24. The van der Waals surface area contributed by atoms with Gasteiger partial charge in [-0.25, -0.2) is 0 Å². The smallest absolute Gasteiger partial charge is 0.256 e. The van der Waals surface area contributed by atoms with Crippen molar-refractivity contribution in [2.45, 2.75) is 20.5 Å². The monoisotopic (exact) mass is 217 g/mol. The maximum atomic E-state index is 11.9. The van der Waals surface area contributed by atoms with Gasteiger partial charge in [0.05, 0.1) is 12.1 Å². The molecule has 2 aromatic rings. The van der Waals surface area contributed by atoms with Gasteiger partial charge >= 0.3 is 0 Å². The molecule has 2 rings (SSSR count). The molecule has 0 spiro atoms. The van der Waals surface area contributed by atoms with Crippen molar-refractivity contribution in [1.82, 2.24) is 4.57 Å². The normalized spacial score (nSPS) is 11.0. The number of nitrogens with zero attached hydrogens (tertiary/aromatic N) is 1. The molecular formula is C13H15NO2. The van der Waals surface area contributed by atoms with E-state index in [0.29, 0.717) is 5.56 Å². The first-order chi connectivity index (χ1) is 7.54. The third kappa shape index (κ3) is 1.53. The number of aliphatic hydroxyl groups excluding tert-OH is 1. The van der Waals surface area contributed by atoms with E-state index in [4.69, 9.17) is 5.11 Å². The molecule has 1 aromatic carbocycles. The largest absolute Gasteiger partial charge is 0.391 e. The number of hydrogen-bond donors (Lipinski definition) is 1. The average Bonchev–Trinajstić information content (AvgIpc) is 2.22. The Labute approximate surface area is 94.0 Å². The van der Waals surface area contributed by atoms with Crippen LogP contribution in [-0.4, -0.2) is 9.67 Å². The van der Waals surface area contributed by atoms with Gasteiger partial charge in [-0.1, -0.05) is 11.6 Å². The number of pyridine rings is 1. The standard InChI is InChI=1S/C13H15NO2/c1-8-4-9(2)12-10(5-8)6-11(7-15)13(16)14(12)3/h4-6,15H,7H2,1-3H3. The van der Waals surface area contributed by atoms with Gasteiger partial charge in [-0.2, -0.15) is 0 Å². The van der Waals surface area contributed by atoms with Crippen molar-refractivity contribution < 1.29 is 5.11 Å². The lowest BCUT2D eigenvalue weighted by Gasteiger charge is -2.11. The zero-order valence-corrected chi connectivity index (χ0v) is 9.74. The van der Waals surface area contributed by atoms with Crippen LogP contribution in [0.1, 0.15) is 16.7 Å². The van der Waals surface area contributed by atoms with Crippen LogP contribution in [0.3, 0.4) is 0 Å². The van der Waals surface area contributed by atoms with Gasteiger partial charge in [0.2, 0.25) is 0 Å². The van der Waals surface area contributed by atoms with E-state index < -0.39 is 0 Å². The lowest BCUT2D eigenvalue weighted by Crippen LogP contribution is -2.21. The zero-order valence-electron chi connectivity index (χ0n) is 9.74. The highest BCUT2D eigenvalue weighted by atomic mass is 16.3. The van der Waals surface area contributed by atoms with Gasteiger partial charge in [0.15, 0.2) is 0 Å². The summed E-state index contributed by atoms with van der Waals surface area (Å²) in [6.45, 7) is 3.80. The first-order valence-corrected chi connectivity index (χ1v) is 5.25. The summed E-state index contributed by atoms with van der Waals surface area (Å²) >= 11 is 0. The van der Waals surface area contributed by atoms with Crippen molar-refractivity contribution in [3.63, 3.8) is 0 Å². The molecule has 0 aliphatic carbocycles. The Bertz CT molecular complexity index is 611. The maximum absolute atomic E-state index is 11.9. The van der Waals surface area contributed by atoms with Crippen LogP contribution in [0.25, 0.3) is 10.9 Å². The van der Waals surface area contributed by atoms with E-state index >= 15 is 0 Å². The molecule has 0 saturated carbocycles. The Morgan fingerprint density at radius 3 is 2.56 bits per heavy atom. The molecule has 0 aliphatic heterocycles. The molecule has 1 N–H and O–H groups in total. The van der Waals surface area contributed by atoms with Crippen LogP contribution in [0.4, 0.5) is 0 Å². The molecule has 0 bridgehead atoms. The molecule has 84 valence electrons. The van der Waals surface area contributed by atoms with Crippen LogP contribution in [0.2, 0.25) is 0 Å². The first-order valence-electron chi connectivity index (χ1n) is 5.25. The van der Waals surface area contributed by atoms with Gasteiger partial charge < -0.3 is 9.67 Å². The van der Waals surface area contributed by atoms with E-state index in [9.17, 15) is 4.79 Å². The highest BCUT2D eigenvalue weighted by Crippen LogP contribution is 2.19. The number of aryl methyl sites for hydroxylation is 3. The summed E-state index contributed by atoms with van der Waals surface area (Å²) in [5, 5.41) is 10.1. The predicted molar refractivity (Wildman–Crippen MR) is 64.6 cm³/mol. The summed E-state index contributed by atoms with van der Waals surface area (Å²) in [6.07, 6.45) is 0. The van der Waals surface area contributed by atoms with Gasteiger partial charge in [-0.05, 0) is 36.9 Å². The number of aliphatic hydroxyl groups is 1. The summed E-state index contributed by atoms with van der Waals surface area (Å²) in [7, 11) is 1.74. The Kier molecular flexibility index (Phi) is 2.56. The quantitative estimate of drug-likeness (QED) is 0.789. The van der Waals surface area contributed by atoms with Crippen LogP contribution in [-0.2, 0) is 13.7 Å². The minimum Gasteiger partial charge on any atom is -0.391 e. The number of benzene rings is 1. The number of hydrogen-bond acceptors (Lipinski definition) is 2. The molecule has 0 unspecified atom stereocenters. The van der Waals surface area contributed by atoms with E-state index in [0.717, 1.165) is 22.0 Å². The van der Waals surface area contributed by atoms with Crippen LogP contribution in [0.15, 0.2) is 23.0 Å². The van der Waals surface area contributed by atoms with Gasteiger partial charge in [-0.3, -0.25) is 4.79 Å². The van der Waals surface area contributed by atoms with Crippen molar-refractivity contribution in [3.05, 3.63) is 45.2 Å². The summed E-state index contributed by atoms with van der Waals surface area (Å²) in [5.74, 6) is 0. The molecule has 0 atom stereocenters. The third-order valence-electron chi connectivity index (χ3n) is 2.89. The van der Waals surface area contributed by atoms with E-state index in [1.54, 1.807) is 17.7 Å². The van der Waals surface area contributed by atoms with Gasteiger partial charge in [0.1, 0.15) is 0 Å². The number of rotatable bonds is 1. The van der Waals surface area contributed by atoms with Crippen LogP contribution < -0.4 is 5.56 Å². The Morgan fingerprint density at radius 2 is 1.94 bits per heavy atom. The van der Waals surface area contributed by atoms with Crippen LogP contribution in [0, 0.1) is 13.8 Å². The molecule has 1 aromatic heterocycles. The second-order valence-corrected chi connectivity index (χ2v) is 4.21. The molecule has 3 heteroatoms. The molecule has 0 radical (unpaired) electrons. The molecule has 1 heterocycles. The van der Waals surface area contributed by atoms with E-state index in [2.05, 4.69) is 6.07 Å². The van der Waals surface area contributed by atoms with Crippen molar-refractivity contribution >= 4 is 10.9 Å². The topological polar surface area (TPSA) is 42.2 Å². The second kappa shape index (κ2) is 3.76. The lowest BCUT2D eigenvalue weighted by atomic mass is 10.0. The summed E-state index contributed by atoms with van der Waals surface area (Å²) in [6, 6.07) is 5.86. The van der Waals surface area contributed by atoms with Crippen molar-refractivity contribution in [2.24, 2.45) is 7.05 Å². The summed E-state index contributed by atoms with van der Waals surface area (Å²) < 4.78 is 1.61. The van der Waals surface area contributed by atoms with Crippen molar-refractivity contribution in [2.75, 3.05) is 0 Å². The van der Waals surface area contributed by atoms with Crippen LogP contribution >= 0.6 is 0 Å². The second-order valence-electron chi connectivity index (χ2n) is 4.21. The molecule has 0 aliphatic rings. The Hall–Kier alpha value is -1.61. The minimum atomic E-state index is -0.213. The Balaban J connectivity index is 2.98. The molecule has 0 amide bonds. The van der Waals surface area contributed by atoms with Crippen molar-refractivity contribution in [1.29, 1.82) is 0 Å². The number of fused-ring (bicyclic) bond motifs is 1. The van der Waals surface area contributed by atoms with E-state index in [1.807, 2.05) is 19.9 Å². The van der Waals surface area contributed by atoms with E-state index in [-0.39, 0.29) is 12.2 Å². The van der Waals surface area contributed by atoms with Gasteiger partial charge in [0.25, 0.3) is 5.56 Å². The average molecular weight is 217 g/mol. The van der Waals surface area contributed by atoms with Gasteiger partial charge in [-0.15, -0.1) is 0 Å². The molecule has 3 nitrogen and oxygen atoms in total. The predicted octanol–water partition coefficient (Wildman–Crippen LogP) is 1.65. The molecular weight excluding hydrogens is 202 g/mol. The number of aromatic nitrogens is 1. The fourth-order valence-corrected chi connectivity index (χ4v) is 2.24. The van der Waals surface area contributed by atoms with E-state index in [1.165, 1.54) is 0 Å². The third-order valence-corrected chi connectivity index (χ3v) is 2.89. The molecule has 0 saturated heterocycles. The highest BCUT2D eigenvalue weighted by Gasteiger charge is 2.08.